The first kappa shape index (κ1) is 53.3. The Bertz CT molecular complexity index is 419. The van der Waals surface area contributed by atoms with Gasteiger partial charge in [-0.3, -0.25) is 0 Å². The van der Waals surface area contributed by atoms with Crippen LogP contribution in [0.3, 0.4) is 0 Å². The van der Waals surface area contributed by atoms with Gasteiger partial charge in [0.2, 0.25) is 0 Å². The average molecular weight is 635 g/mol. The van der Waals surface area contributed by atoms with Gasteiger partial charge in [0.15, 0.2) is 0 Å². The van der Waals surface area contributed by atoms with Crippen molar-refractivity contribution < 1.29 is 25.0 Å². The average Bonchev–Trinajstić information content (AvgIpc) is 2.94. The van der Waals surface area contributed by atoms with Gasteiger partial charge in [-0.2, -0.15) is 0 Å². The second-order valence-electron chi connectivity index (χ2n) is 15.2. The Kier molecular flexibility index (Phi) is 51.8. The molecule has 0 aliphatic carbocycles. The van der Waals surface area contributed by atoms with Crippen molar-refractivity contribution in [3.05, 3.63) is 0 Å². The third kappa shape index (κ3) is 60.9. The van der Waals surface area contributed by atoms with E-state index in [-0.39, 0.29) is 11.0 Å². The van der Waals surface area contributed by atoms with Crippen LogP contribution in [-0.2, 0) is 0 Å². The lowest BCUT2D eigenvalue weighted by molar-refractivity contribution is -0.870. The number of unbranched alkanes of at least 4 members (excludes halogenated alkanes) is 26. The predicted molar refractivity (Wildman–Crippen MR) is 198 cm³/mol. The van der Waals surface area contributed by atoms with Crippen LogP contribution < -0.4 is 0 Å². The summed E-state index contributed by atoms with van der Waals surface area (Å²) in [6.07, 6.45) is 40.7. The summed E-state index contributed by atoms with van der Waals surface area (Å²) < 4.78 is 2.25. The first-order chi connectivity index (χ1) is 20.1. The van der Waals surface area contributed by atoms with Crippen molar-refractivity contribution in [3.8, 4) is 0 Å². The number of quaternary nitrogens is 2. The molecule has 0 aromatic carbocycles. The lowest BCUT2D eigenvalue weighted by Crippen LogP contribution is -2.35. The Balaban J connectivity index is -0.000000209. The molecule has 5 nitrogen and oxygen atoms in total. The van der Waals surface area contributed by atoms with E-state index in [1.807, 2.05) is 0 Å². The monoisotopic (exact) mass is 635 g/mol. The zero-order valence-electron chi connectivity index (χ0n) is 32.4. The smallest absolute Gasteiger partial charge is 0.0780 e. The first-order valence-electron chi connectivity index (χ1n) is 19.2. The third-order valence-electron chi connectivity index (χ3n) is 8.36. The third-order valence-corrected chi connectivity index (χ3v) is 8.36. The van der Waals surface area contributed by atoms with E-state index < -0.39 is 0 Å². The fourth-order valence-electron chi connectivity index (χ4n) is 5.56. The maximum absolute atomic E-state index is 7.00. The van der Waals surface area contributed by atoms with E-state index in [4.69, 9.17) is 5.11 Å². The van der Waals surface area contributed by atoms with Gasteiger partial charge < -0.3 is 25.0 Å². The van der Waals surface area contributed by atoms with Crippen molar-refractivity contribution in [2.24, 2.45) is 0 Å². The van der Waals surface area contributed by atoms with Gasteiger partial charge in [-0.25, -0.2) is 0 Å². The molecule has 0 radical (unpaired) electrons. The number of rotatable bonds is 30. The minimum atomic E-state index is 0. The van der Waals surface area contributed by atoms with Crippen LogP contribution in [0.2, 0.25) is 0 Å². The number of aliphatic hydroxyl groups is 1. The molecule has 0 bridgehead atoms. The predicted octanol–water partition coefficient (Wildman–Crippen LogP) is 11.6. The Morgan fingerprint density at radius 3 is 0.545 bits per heavy atom. The highest BCUT2D eigenvalue weighted by atomic mass is 16.2. The van der Waals surface area contributed by atoms with Gasteiger partial charge in [0, 0.05) is 7.11 Å². The second kappa shape index (κ2) is 42.8. The Morgan fingerprint density at radius 2 is 0.409 bits per heavy atom. The van der Waals surface area contributed by atoms with E-state index in [1.54, 1.807) is 0 Å². The van der Waals surface area contributed by atoms with Crippen molar-refractivity contribution in [2.45, 2.75) is 194 Å². The molecule has 0 atom stereocenters. The maximum atomic E-state index is 7.00. The lowest BCUT2D eigenvalue weighted by atomic mass is 10.0. The van der Waals surface area contributed by atoms with E-state index >= 15 is 0 Å². The minimum Gasteiger partial charge on any atom is -0.870 e. The molecule has 5 heteroatoms. The van der Waals surface area contributed by atoms with Crippen LogP contribution in [0.25, 0.3) is 0 Å². The quantitative estimate of drug-likeness (QED) is 0.0630. The van der Waals surface area contributed by atoms with Crippen LogP contribution in [0, 0.1) is 0 Å². The molecule has 0 heterocycles. The number of nitrogens with zero attached hydrogens (tertiary/aromatic N) is 2. The Labute approximate surface area is 280 Å². The zero-order chi connectivity index (χ0) is 32.2. The topological polar surface area (TPSA) is 80.2 Å². The molecule has 0 aliphatic heterocycles. The van der Waals surface area contributed by atoms with Crippen LogP contribution in [-0.4, -0.2) is 87.5 Å². The van der Waals surface area contributed by atoms with Crippen LogP contribution in [0.4, 0.5) is 0 Å². The molecular formula is C39H90N2O3. The molecule has 274 valence electrons. The van der Waals surface area contributed by atoms with Crippen molar-refractivity contribution in [3.63, 3.8) is 0 Å². The Morgan fingerprint density at radius 1 is 0.273 bits per heavy atom. The SMILES string of the molecule is CCCCCCCCCCCCCCCC[N+](C)(C)C.CCCCCCCCCCCCCCCC[N+](C)(C)C.CO.[OH-].[OH-]. The molecule has 3 N–H and O–H groups in total. The fourth-order valence-corrected chi connectivity index (χ4v) is 5.56. The number of aliphatic hydroxyl groups excluding tert-OH is 1. The first-order valence-corrected chi connectivity index (χ1v) is 19.2. The highest BCUT2D eigenvalue weighted by Gasteiger charge is 2.06. The van der Waals surface area contributed by atoms with Gasteiger partial charge in [0.05, 0.1) is 55.4 Å². The van der Waals surface area contributed by atoms with Crippen molar-refractivity contribution >= 4 is 0 Å². The molecule has 0 saturated carbocycles. The van der Waals surface area contributed by atoms with Crippen molar-refractivity contribution in [1.29, 1.82) is 0 Å². The largest absolute Gasteiger partial charge is 0.870 e. The van der Waals surface area contributed by atoms with E-state index in [0.29, 0.717) is 0 Å². The molecule has 0 aliphatic rings. The van der Waals surface area contributed by atoms with E-state index in [9.17, 15) is 0 Å². The maximum Gasteiger partial charge on any atom is 0.0780 e. The molecule has 0 amide bonds. The van der Waals surface area contributed by atoms with Gasteiger partial charge in [-0.05, 0) is 25.7 Å². The number of hydrogen-bond donors (Lipinski definition) is 1. The summed E-state index contributed by atoms with van der Waals surface area (Å²) >= 11 is 0. The molecule has 0 fully saturated rings. The van der Waals surface area contributed by atoms with Crippen LogP contribution in [0.15, 0.2) is 0 Å². The van der Waals surface area contributed by atoms with Crippen LogP contribution in [0.1, 0.15) is 194 Å². The molecule has 0 unspecified atom stereocenters. The lowest BCUT2D eigenvalue weighted by Gasteiger charge is -2.23. The molecule has 0 spiro atoms. The second-order valence-corrected chi connectivity index (χ2v) is 15.2. The minimum absolute atomic E-state index is 0. The molecule has 0 rings (SSSR count). The van der Waals surface area contributed by atoms with Gasteiger partial charge in [0.1, 0.15) is 0 Å². The van der Waals surface area contributed by atoms with Gasteiger partial charge in [-0.1, -0.05) is 168 Å². The fraction of sp³-hybridized carbons (Fsp3) is 1.00. The summed E-state index contributed by atoms with van der Waals surface area (Å²) in [5.74, 6) is 0. The van der Waals surface area contributed by atoms with E-state index in [1.165, 1.54) is 193 Å². The molecule has 44 heavy (non-hydrogen) atoms. The van der Waals surface area contributed by atoms with E-state index in [2.05, 4.69) is 56.1 Å². The summed E-state index contributed by atoms with van der Waals surface area (Å²) in [6.45, 7) is 7.25. The Hall–Kier alpha value is -0.200. The highest BCUT2D eigenvalue weighted by molar-refractivity contribution is 4.50. The van der Waals surface area contributed by atoms with Gasteiger partial charge >= 0.3 is 0 Å². The zero-order valence-corrected chi connectivity index (χ0v) is 32.4. The van der Waals surface area contributed by atoms with Crippen molar-refractivity contribution in [1.82, 2.24) is 0 Å². The normalized spacial score (nSPS) is 11.0. The number of hydrogen-bond acceptors (Lipinski definition) is 3. The summed E-state index contributed by atoms with van der Waals surface area (Å²) in [5, 5.41) is 7.00. The standard InChI is InChI=1S/2C19H42N.CH4O.2H2O/c2*1-5-6-7-8-9-10-11-12-13-14-15-16-17-18-19-20(2,3)4;1-2;;/h2*5-19H2,1-4H3;2H,1H3;2*1H2/q2*+1;;;/p-2. The van der Waals surface area contributed by atoms with Gasteiger partial charge in [-0.15, -0.1) is 0 Å². The molecule has 0 aromatic heterocycles. The summed E-state index contributed by atoms with van der Waals surface area (Å²) in [6, 6.07) is 0. The van der Waals surface area contributed by atoms with Crippen LogP contribution >= 0.6 is 0 Å². The molecular weight excluding hydrogens is 544 g/mol. The molecule has 0 aromatic rings. The highest BCUT2D eigenvalue weighted by Crippen LogP contribution is 2.14. The van der Waals surface area contributed by atoms with Crippen molar-refractivity contribution in [2.75, 3.05) is 62.5 Å². The molecule has 0 saturated heterocycles. The van der Waals surface area contributed by atoms with Crippen LogP contribution in [0.5, 0.6) is 0 Å². The van der Waals surface area contributed by atoms with E-state index in [0.717, 1.165) is 16.1 Å². The summed E-state index contributed by atoms with van der Waals surface area (Å²) in [5.41, 5.74) is 0. The summed E-state index contributed by atoms with van der Waals surface area (Å²) in [7, 11) is 14.8. The summed E-state index contributed by atoms with van der Waals surface area (Å²) in [4.78, 5) is 0. The van der Waals surface area contributed by atoms with Gasteiger partial charge in [0.25, 0.3) is 0 Å².